The van der Waals surface area contributed by atoms with Crippen LogP contribution in [0.5, 0.6) is 5.75 Å². The van der Waals surface area contributed by atoms with Crippen molar-refractivity contribution in [2.75, 3.05) is 13.7 Å². The van der Waals surface area contributed by atoms with Crippen molar-refractivity contribution < 1.29 is 23.0 Å². The maximum absolute atomic E-state index is 12.6. The number of carbonyl (C=O) groups is 1. The lowest BCUT2D eigenvalue weighted by atomic mass is 10.2. The van der Waals surface area contributed by atoms with E-state index in [1.54, 1.807) is 6.92 Å². The summed E-state index contributed by atoms with van der Waals surface area (Å²) in [5.74, 6) is -0.765. The lowest BCUT2D eigenvalue weighted by Crippen LogP contribution is -2.20. The van der Waals surface area contributed by atoms with Gasteiger partial charge in [0.2, 0.25) is 0 Å². The summed E-state index contributed by atoms with van der Waals surface area (Å²) in [5.41, 5.74) is -1.33. The summed E-state index contributed by atoms with van der Waals surface area (Å²) < 4.78 is 34.5. The van der Waals surface area contributed by atoms with Crippen molar-refractivity contribution in [2.24, 2.45) is 0 Å². The maximum atomic E-state index is 12.6. The van der Waals surface area contributed by atoms with E-state index < -0.39 is 23.6 Å². The molecule has 18 heavy (non-hydrogen) atoms. The van der Waals surface area contributed by atoms with E-state index in [0.717, 1.165) is 6.07 Å². The van der Waals surface area contributed by atoms with Crippen LogP contribution in [0.25, 0.3) is 0 Å². The van der Waals surface area contributed by atoms with Gasteiger partial charge in [0.1, 0.15) is 11.4 Å². The fourth-order valence-corrected chi connectivity index (χ4v) is 1.40. The molecule has 1 aromatic heterocycles. The van der Waals surface area contributed by atoms with Gasteiger partial charge in [-0.15, -0.1) is 0 Å². The number of methoxy groups -OCH3 is 1. The summed E-state index contributed by atoms with van der Waals surface area (Å²) in [7, 11) is 1.20. The Labute approximate surface area is 102 Å². The fourth-order valence-electron chi connectivity index (χ4n) is 1.40. The summed E-state index contributed by atoms with van der Waals surface area (Å²) >= 11 is 0. The van der Waals surface area contributed by atoms with E-state index in [0.29, 0.717) is 0 Å². The zero-order chi connectivity index (χ0) is 13.7. The zero-order valence-corrected chi connectivity index (χ0v) is 9.96. The number of carbonyl (C=O) groups excluding carboxylic acids is 1. The number of hydrogen-bond donors (Lipinski definition) is 1. The van der Waals surface area contributed by atoms with Gasteiger partial charge < -0.3 is 14.5 Å². The van der Waals surface area contributed by atoms with Gasteiger partial charge in [0.25, 0.3) is 12.0 Å². The van der Waals surface area contributed by atoms with Crippen LogP contribution in [0.3, 0.4) is 0 Å². The average Bonchev–Trinajstić information content (AvgIpc) is 2.31. The van der Waals surface area contributed by atoms with Crippen molar-refractivity contribution in [3.05, 3.63) is 27.7 Å². The number of ether oxygens (including phenoxy) is 2. The normalized spacial score (nSPS) is 10.5. The van der Waals surface area contributed by atoms with Crippen LogP contribution < -0.4 is 10.3 Å². The van der Waals surface area contributed by atoms with Gasteiger partial charge in [-0.05, 0) is 13.0 Å². The van der Waals surface area contributed by atoms with Gasteiger partial charge in [0.15, 0.2) is 0 Å². The van der Waals surface area contributed by atoms with Crippen molar-refractivity contribution in [1.82, 2.24) is 4.98 Å². The maximum Gasteiger partial charge on any atom is 0.310 e. The molecule has 0 aromatic carbocycles. The fraction of sp³-hybridized carbons (Fsp3) is 0.455. The highest BCUT2D eigenvalue weighted by Gasteiger charge is 2.18. The molecule has 1 rings (SSSR count). The number of rotatable bonds is 5. The third kappa shape index (κ3) is 3.28. The molecule has 0 atom stereocenters. The van der Waals surface area contributed by atoms with E-state index in [1.165, 1.54) is 7.11 Å². The minimum atomic E-state index is -2.86. The number of H-pyrrole nitrogens is 1. The van der Waals surface area contributed by atoms with Gasteiger partial charge in [-0.2, -0.15) is 0 Å². The molecule has 0 aliphatic heterocycles. The first-order valence-corrected chi connectivity index (χ1v) is 5.23. The molecule has 0 saturated carbocycles. The Morgan fingerprint density at radius 1 is 1.50 bits per heavy atom. The van der Waals surface area contributed by atoms with E-state index in [9.17, 15) is 18.4 Å². The van der Waals surface area contributed by atoms with Crippen molar-refractivity contribution in [1.29, 1.82) is 0 Å². The number of aromatic amines is 1. The van der Waals surface area contributed by atoms with Crippen molar-refractivity contribution >= 4 is 5.97 Å². The largest absolute Gasteiger partial charge is 0.495 e. The van der Waals surface area contributed by atoms with Crippen molar-refractivity contribution in [3.8, 4) is 5.75 Å². The number of esters is 1. The third-order valence-electron chi connectivity index (χ3n) is 2.19. The molecule has 7 heteroatoms. The van der Waals surface area contributed by atoms with E-state index in [2.05, 4.69) is 4.74 Å². The Morgan fingerprint density at radius 2 is 2.17 bits per heavy atom. The zero-order valence-electron chi connectivity index (χ0n) is 9.96. The van der Waals surface area contributed by atoms with Gasteiger partial charge in [-0.1, -0.05) is 0 Å². The molecule has 0 aliphatic rings. The van der Waals surface area contributed by atoms with Crippen LogP contribution >= 0.6 is 0 Å². The lowest BCUT2D eigenvalue weighted by molar-refractivity contribution is -0.142. The topological polar surface area (TPSA) is 68.4 Å². The quantitative estimate of drug-likeness (QED) is 0.814. The minimum absolute atomic E-state index is 0.0229. The highest BCUT2D eigenvalue weighted by molar-refractivity contribution is 5.72. The standard InChI is InChI=1S/C11H13F2NO4/c1-3-18-8(15)5-6-4-7(17-2)9(10(12)13)14-11(6)16/h4,10H,3,5H2,1-2H3,(H,14,16). The third-order valence-corrected chi connectivity index (χ3v) is 2.19. The molecule has 0 radical (unpaired) electrons. The molecule has 0 aliphatic carbocycles. The molecular weight excluding hydrogens is 248 g/mol. The second kappa shape index (κ2) is 6.13. The van der Waals surface area contributed by atoms with E-state index >= 15 is 0 Å². The minimum Gasteiger partial charge on any atom is -0.495 e. The molecule has 1 heterocycles. The van der Waals surface area contributed by atoms with Gasteiger partial charge in [-0.3, -0.25) is 9.59 Å². The Hall–Kier alpha value is -1.92. The monoisotopic (exact) mass is 261 g/mol. The molecule has 1 aromatic rings. The molecule has 0 saturated heterocycles. The summed E-state index contributed by atoms with van der Waals surface area (Å²) in [6.07, 6.45) is -3.15. The summed E-state index contributed by atoms with van der Waals surface area (Å²) in [6, 6.07) is 1.12. The molecule has 5 nitrogen and oxygen atoms in total. The van der Waals surface area contributed by atoms with Gasteiger partial charge in [-0.25, -0.2) is 8.78 Å². The molecular formula is C11H13F2NO4. The average molecular weight is 261 g/mol. The Kier molecular flexibility index (Phi) is 4.82. The predicted octanol–water partition coefficient (Wildman–Crippen LogP) is 1.43. The van der Waals surface area contributed by atoms with Crippen LogP contribution in [0.1, 0.15) is 24.6 Å². The molecule has 0 fully saturated rings. The van der Waals surface area contributed by atoms with E-state index in [1.807, 2.05) is 4.98 Å². The van der Waals surface area contributed by atoms with Crippen molar-refractivity contribution in [2.45, 2.75) is 19.8 Å². The van der Waals surface area contributed by atoms with E-state index in [4.69, 9.17) is 4.74 Å². The van der Waals surface area contributed by atoms with Crippen LogP contribution in [-0.2, 0) is 16.0 Å². The summed E-state index contributed by atoms with van der Waals surface area (Å²) in [4.78, 5) is 24.7. The number of halogens is 2. The van der Waals surface area contributed by atoms with Crippen LogP contribution in [-0.4, -0.2) is 24.7 Å². The van der Waals surface area contributed by atoms with Gasteiger partial charge in [0, 0.05) is 5.56 Å². The van der Waals surface area contributed by atoms with Gasteiger partial charge >= 0.3 is 5.97 Å². The predicted molar refractivity (Wildman–Crippen MR) is 58.9 cm³/mol. The first-order chi connectivity index (χ1) is 8.49. The summed E-state index contributed by atoms with van der Waals surface area (Å²) in [6.45, 7) is 1.81. The van der Waals surface area contributed by atoms with Crippen LogP contribution in [0.4, 0.5) is 8.78 Å². The van der Waals surface area contributed by atoms with Gasteiger partial charge in [0.05, 0.1) is 20.1 Å². The highest BCUT2D eigenvalue weighted by Crippen LogP contribution is 2.26. The van der Waals surface area contributed by atoms with E-state index in [-0.39, 0.29) is 24.3 Å². The Bertz CT molecular complexity index is 484. The first kappa shape index (κ1) is 14.1. The number of hydrogen-bond acceptors (Lipinski definition) is 4. The summed E-state index contributed by atoms with van der Waals surface area (Å²) in [5, 5.41) is 0. The van der Waals surface area contributed by atoms with Crippen LogP contribution in [0.2, 0.25) is 0 Å². The van der Waals surface area contributed by atoms with Crippen LogP contribution in [0.15, 0.2) is 10.9 Å². The Balaban J connectivity index is 3.08. The second-order valence-electron chi connectivity index (χ2n) is 3.39. The molecule has 0 spiro atoms. The number of nitrogens with one attached hydrogen (secondary N) is 1. The molecule has 1 N–H and O–H groups in total. The second-order valence-corrected chi connectivity index (χ2v) is 3.39. The first-order valence-electron chi connectivity index (χ1n) is 5.23. The molecule has 100 valence electrons. The number of alkyl halides is 2. The molecule has 0 unspecified atom stereocenters. The molecule has 0 bridgehead atoms. The molecule has 0 amide bonds. The number of pyridine rings is 1. The Morgan fingerprint density at radius 3 is 2.67 bits per heavy atom. The number of aromatic nitrogens is 1. The van der Waals surface area contributed by atoms with Crippen LogP contribution in [0, 0.1) is 0 Å². The lowest BCUT2D eigenvalue weighted by Gasteiger charge is -2.09. The van der Waals surface area contributed by atoms with Crippen molar-refractivity contribution in [3.63, 3.8) is 0 Å². The highest BCUT2D eigenvalue weighted by atomic mass is 19.3. The SMILES string of the molecule is CCOC(=O)Cc1cc(OC)c(C(F)F)[nH]c1=O. The smallest absolute Gasteiger partial charge is 0.310 e.